The van der Waals surface area contributed by atoms with Gasteiger partial charge in [-0.2, -0.15) is 10.2 Å². The van der Waals surface area contributed by atoms with Crippen molar-refractivity contribution in [2.75, 3.05) is 26.4 Å². The van der Waals surface area contributed by atoms with Crippen molar-refractivity contribution in [2.45, 2.75) is 12.2 Å². The number of epoxide rings is 2. The van der Waals surface area contributed by atoms with Crippen LogP contribution in [0.25, 0.3) is 0 Å². The quantitative estimate of drug-likeness (QED) is 0.468. The summed E-state index contributed by atoms with van der Waals surface area (Å²) in [6.45, 7) is 2.48. The summed E-state index contributed by atoms with van der Waals surface area (Å²) >= 11 is 12.4. The van der Waals surface area contributed by atoms with Crippen LogP contribution < -0.4 is 9.47 Å². The fourth-order valence-corrected chi connectivity index (χ4v) is 2.61. The van der Waals surface area contributed by atoms with E-state index in [1.165, 1.54) is 0 Å². The summed E-state index contributed by atoms with van der Waals surface area (Å²) in [5.41, 5.74) is 1.24. The van der Waals surface area contributed by atoms with Gasteiger partial charge in [-0.25, -0.2) is 0 Å². The number of hydrogen-bond donors (Lipinski definition) is 0. The second kappa shape index (κ2) is 7.80. The maximum atomic E-state index is 6.21. The summed E-state index contributed by atoms with van der Waals surface area (Å²) in [5.74, 6) is 1.20. The molecule has 0 radical (unpaired) electrons. The molecule has 2 aliphatic rings. The molecule has 26 heavy (non-hydrogen) atoms. The number of nitrogens with zero attached hydrogens (tertiary/aromatic N) is 2. The number of halogens is 2. The van der Waals surface area contributed by atoms with Gasteiger partial charge in [0, 0.05) is 0 Å². The van der Waals surface area contributed by atoms with Gasteiger partial charge in [0.15, 0.2) is 0 Å². The third kappa shape index (κ3) is 4.86. The molecule has 0 aliphatic carbocycles. The molecule has 0 spiro atoms. The fraction of sp³-hybridized carbons (Fsp3) is 0.333. The Balaban J connectivity index is 1.38. The summed E-state index contributed by atoms with van der Waals surface area (Å²) in [4.78, 5) is 0. The SMILES string of the molecule is Clc1cc(N=Nc2ccc(OCC3CO3)c(Cl)c2)ccc1OCC1CO1. The molecule has 4 rings (SSSR count). The molecule has 0 bridgehead atoms. The lowest BCUT2D eigenvalue weighted by Gasteiger charge is -2.07. The largest absolute Gasteiger partial charge is 0.489 e. The van der Waals surface area contributed by atoms with Gasteiger partial charge in [-0.05, 0) is 36.4 Å². The first-order valence-electron chi connectivity index (χ1n) is 8.17. The maximum Gasteiger partial charge on any atom is 0.138 e. The Hall–Kier alpha value is -1.86. The molecular weight excluding hydrogens is 379 g/mol. The van der Waals surface area contributed by atoms with Gasteiger partial charge >= 0.3 is 0 Å². The van der Waals surface area contributed by atoms with Crippen molar-refractivity contribution >= 4 is 34.6 Å². The van der Waals surface area contributed by atoms with Crippen molar-refractivity contribution in [1.29, 1.82) is 0 Å². The van der Waals surface area contributed by atoms with E-state index in [4.69, 9.17) is 42.1 Å². The van der Waals surface area contributed by atoms with E-state index < -0.39 is 0 Å². The smallest absolute Gasteiger partial charge is 0.138 e. The van der Waals surface area contributed by atoms with Crippen LogP contribution in [0.15, 0.2) is 46.6 Å². The van der Waals surface area contributed by atoms with Gasteiger partial charge in [-0.15, -0.1) is 0 Å². The highest BCUT2D eigenvalue weighted by Gasteiger charge is 2.24. The molecule has 2 aromatic carbocycles. The molecule has 0 aromatic heterocycles. The predicted molar refractivity (Wildman–Crippen MR) is 97.6 cm³/mol. The van der Waals surface area contributed by atoms with Crippen molar-refractivity contribution in [2.24, 2.45) is 10.2 Å². The zero-order valence-corrected chi connectivity index (χ0v) is 15.2. The Morgan fingerprint density at radius 1 is 0.808 bits per heavy atom. The lowest BCUT2D eigenvalue weighted by atomic mass is 10.3. The van der Waals surface area contributed by atoms with Gasteiger partial charge < -0.3 is 18.9 Å². The lowest BCUT2D eigenvalue weighted by Crippen LogP contribution is -2.04. The summed E-state index contributed by atoms with van der Waals surface area (Å²) in [6.07, 6.45) is 0.359. The Labute approximate surface area is 160 Å². The van der Waals surface area contributed by atoms with Crippen LogP contribution in [0.1, 0.15) is 0 Å². The van der Waals surface area contributed by atoms with Crippen molar-refractivity contribution in [1.82, 2.24) is 0 Å². The number of ether oxygens (including phenoxy) is 4. The molecule has 0 amide bonds. The normalized spacial score (nSPS) is 21.0. The van der Waals surface area contributed by atoms with Gasteiger partial charge in [0.05, 0.1) is 34.6 Å². The van der Waals surface area contributed by atoms with Crippen molar-refractivity contribution in [3.05, 3.63) is 46.4 Å². The van der Waals surface area contributed by atoms with Gasteiger partial charge in [-0.1, -0.05) is 23.2 Å². The molecule has 2 heterocycles. The lowest BCUT2D eigenvalue weighted by molar-refractivity contribution is 0.263. The number of rotatable bonds is 8. The number of benzene rings is 2. The molecule has 136 valence electrons. The molecule has 2 aliphatic heterocycles. The molecule has 6 nitrogen and oxygen atoms in total. The highest BCUT2D eigenvalue weighted by atomic mass is 35.5. The van der Waals surface area contributed by atoms with Crippen LogP contribution in [0.3, 0.4) is 0 Å². The average Bonchev–Trinajstić information content (AvgIpc) is 3.53. The molecular formula is C18H16Cl2N2O4. The van der Waals surface area contributed by atoms with Crippen LogP contribution in [0, 0.1) is 0 Å². The first kappa shape index (κ1) is 17.5. The number of azo groups is 1. The van der Waals surface area contributed by atoms with E-state index in [1.54, 1.807) is 36.4 Å². The average molecular weight is 395 g/mol. The zero-order chi connectivity index (χ0) is 17.9. The van der Waals surface area contributed by atoms with Crippen molar-refractivity contribution in [3.8, 4) is 11.5 Å². The van der Waals surface area contributed by atoms with Gasteiger partial charge in [0.25, 0.3) is 0 Å². The Morgan fingerprint density at radius 2 is 1.23 bits per heavy atom. The third-order valence-electron chi connectivity index (χ3n) is 3.77. The van der Waals surface area contributed by atoms with E-state index in [2.05, 4.69) is 10.2 Å². The zero-order valence-electron chi connectivity index (χ0n) is 13.7. The fourth-order valence-electron chi connectivity index (χ4n) is 2.15. The van der Waals surface area contributed by atoms with Crippen molar-refractivity contribution in [3.63, 3.8) is 0 Å². The molecule has 2 aromatic rings. The number of hydrogen-bond acceptors (Lipinski definition) is 6. The molecule has 2 unspecified atom stereocenters. The molecule has 2 saturated heterocycles. The minimum atomic E-state index is 0.180. The highest BCUT2D eigenvalue weighted by molar-refractivity contribution is 6.32. The van der Waals surface area contributed by atoms with Crippen LogP contribution in [-0.2, 0) is 9.47 Å². The standard InChI is InChI=1S/C18H16Cl2N2O4/c19-15-5-11(1-3-17(15)25-9-13-7-23-13)21-22-12-2-4-18(16(20)6-12)26-10-14-8-24-14/h1-6,13-14H,7-10H2. The van der Waals surface area contributed by atoms with Crippen LogP contribution in [0.4, 0.5) is 11.4 Å². The third-order valence-corrected chi connectivity index (χ3v) is 4.36. The minimum absolute atomic E-state index is 0.180. The van der Waals surface area contributed by atoms with E-state index in [9.17, 15) is 0 Å². The molecule has 2 fully saturated rings. The molecule has 0 saturated carbocycles. The highest BCUT2D eigenvalue weighted by Crippen LogP contribution is 2.33. The topological polar surface area (TPSA) is 68.2 Å². The predicted octanol–water partition coefficient (Wildman–Crippen LogP) is 4.96. The first-order valence-corrected chi connectivity index (χ1v) is 8.92. The molecule has 0 N–H and O–H groups in total. The first-order chi connectivity index (χ1) is 12.7. The Kier molecular flexibility index (Phi) is 5.26. The van der Waals surface area contributed by atoms with Gasteiger partial charge in [0.2, 0.25) is 0 Å². The molecule has 2 atom stereocenters. The van der Waals surface area contributed by atoms with Crippen molar-refractivity contribution < 1.29 is 18.9 Å². The van der Waals surface area contributed by atoms with Crippen LogP contribution in [0.2, 0.25) is 10.0 Å². The van der Waals surface area contributed by atoms with Crippen LogP contribution >= 0.6 is 23.2 Å². The minimum Gasteiger partial charge on any atom is -0.489 e. The maximum absolute atomic E-state index is 6.21. The summed E-state index contributed by atoms with van der Waals surface area (Å²) in [6, 6.07) is 10.5. The Bertz CT molecular complexity index is 755. The van der Waals surface area contributed by atoms with Gasteiger partial charge in [0.1, 0.15) is 36.9 Å². The summed E-state index contributed by atoms with van der Waals surface area (Å²) < 4.78 is 21.4. The van der Waals surface area contributed by atoms with E-state index in [0.717, 1.165) is 13.2 Å². The monoisotopic (exact) mass is 394 g/mol. The van der Waals surface area contributed by atoms with E-state index in [1.807, 2.05) is 0 Å². The second-order valence-corrected chi connectivity index (χ2v) is 6.78. The van der Waals surface area contributed by atoms with E-state index >= 15 is 0 Å². The summed E-state index contributed by atoms with van der Waals surface area (Å²) in [7, 11) is 0. The second-order valence-electron chi connectivity index (χ2n) is 5.96. The van der Waals surface area contributed by atoms with E-state index in [0.29, 0.717) is 46.1 Å². The van der Waals surface area contributed by atoms with Crippen LogP contribution in [0.5, 0.6) is 11.5 Å². The van der Waals surface area contributed by atoms with E-state index in [-0.39, 0.29) is 12.2 Å². The molecule has 8 heteroatoms. The van der Waals surface area contributed by atoms with Gasteiger partial charge in [-0.3, -0.25) is 0 Å². The Morgan fingerprint density at radius 3 is 1.58 bits per heavy atom. The summed E-state index contributed by atoms with van der Waals surface area (Å²) in [5, 5.41) is 9.32. The van der Waals surface area contributed by atoms with Crippen LogP contribution in [-0.4, -0.2) is 38.6 Å².